The van der Waals surface area contributed by atoms with Crippen LogP contribution in [-0.4, -0.2) is 85.4 Å². The molecule has 3 aromatic rings. The highest BCUT2D eigenvalue weighted by Crippen LogP contribution is 2.24. The first-order valence-corrected chi connectivity index (χ1v) is 15.6. The van der Waals surface area contributed by atoms with Crippen molar-refractivity contribution in [3.8, 4) is 11.1 Å². The highest BCUT2D eigenvalue weighted by molar-refractivity contribution is 6.03. The molecule has 12 nitrogen and oxygen atoms in total. The van der Waals surface area contributed by atoms with Gasteiger partial charge in [-0.1, -0.05) is 60.2 Å². The van der Waals surface area contributed by atoms with Crippen molar-refractivity contribution < 1.29 is 33.4 Å². The topological polar surface area (TPSA) is 148 Å². The first-order valence-electron chi connectivity index (χ1n) is 15.6. The molecule has 3 rings (SSSR count). The Balaban J connectivity index is 1.70. The van der Waals surface area contributed by atoms with E-state index in [1.54, 1.807) is 40.0 Å². The second-order valence-electron chi connectivity index (χ2n) is 11.7. The molecule has 0 aliphatic rings. The van der Waals surface area contributed by atoms with Crippen LogP contribution in [0.2, 0.25) is 0 Å². The van der Waals surface area contributed by atoms with Crippen LogP contribution >= 0.6 is 0 Å². The molecule has 0 saturated heterocycles. The lowest BCUT2D eigenvalue weighted by Gasteiger charge is -2.27. The van der Waals surface area contributed by atoms with E-state index in [0.29, 0.717) is 25.3 Å². The SMILES string of the molecule is CCOC(=O)CNCCOCCNC(=O)c1ncc(-c2ccccc2)cc1NC(=O)CN(Cc1cccc(C)c1)C(=O)OC(C)(C)C. The van der Waals surface area contributed by atoms with Crippen molar-refractivity contribution in [3.63, 3.8) is 0 Å². The highest BCUT2D eigenvalue weighted by Gasteiger charge is 2.25. The van der Waals surface area contributed by atoms with Crippen molar-refractivity contribution in [1.29, 1.82) is 0 Å². The molecule has 252 valence electrons. The predicted molar refractivity (Wildman–Crippen MR) is 179 cm³/mol. The van der Waals surface area contributed by atoms with E-state index in [4.69, 9.17) is 14.2 Å². The standard InChI is InChI=1S/C35H45N5O7/c1-6-46-31(42)22-36-15-17-45-18-16-37-33(43)32-29(20-28(21-38-32)27-13-8-7-9-14-27)39-30(41)24-40(34(44)47-35(3,4)5)23-26-12-10-11-25(2)19-26/h7-14,19-21,36H,6,15-18,22-24H2,1-5H3,(H,37,43)(H,39,41). The van der Waals surface area contributed by atoms with Gasteiger partial charge in [-0.2, -0.15) is 0 Å². The summed E-state index contributed by atoms with van der Waals surface area (Å²) in [5.41, 5.74) is 2.84. The van der Waals surface area contributed by atoms with Gasteiger partial charge in [-0.05, 0) is 51.8 Å². The summed E-state index contributed by atoms with van der Waals surface area (Å²) in [7, 11) is 0. The third-order valence-corrected chi connectivity index (χ3v) is 6.46. The number of amides is 3. The number of aromatic nitrogens is 1. The van der Waals surface area contributed by atoms with Gasteiger partial charge in [0.25, 0.3) is 5.91 Å². The molecule has 1 aromatic heterocycles. The van der Waals surface area contributed by atoms with Crippen molar-refractivity contribution in [2.24, 2.45) is 0 Å². The number of anilines is 1. The van der Waals surface area contributed by atoms with Crippen LogP contribution in [0.4, 0.5) is 10.5 Å². The van der Waals surface area contributed by atoms with Crippen molar-refractivity contribution >= 4 is 29.6 Å². The van der Waals surface area contributed by atoms with E-state index in [1.165, 1.54) is 4.90 Å². The number of nitrogens with zero attached hydrogens (tertiary/aromatic N) is 2. The minimum absolute atomic E-state index is 0.0108. The second-order valence-corrected chi connectivity index (χ2v) is 11.7. The molecule has 1 heterocycles. The largest absolute Gasteiger partial charge is 0.465 e. The average molecular weight is 648 g/mol. The average Bonchev–Trinajstić information content (AvgIpc) is 3.01. The molecule has 0 radical (unpaired) electrons. The summed E-state index contributed by atoms with van der Waals surface area (Å²) in [6.45, 7) is 10.4. The fraction of sp³-hybridized carbons (Fsp3) is 0.400. The molecule has 0 aliphatic carbocycles. The summed E-state index contributed by atoms with van der Waals surface area (Å²) in [4.78, 5) is 56.9. The van der Waals surface area contributed by atoms with E-state index in [2.05, 4.69) is 20.9 Å². The minimum Gasteiger partial charge on any atom is -0.465 e. The summed E-state index contributed by atoms with van der Waals surface area (Å²) in [5.74, 6) is -1.37. The zero-order valence-corrected chi connectivity index (χ0v) is 27.8. The Kier molecular flexibility index (Phi) is 14.3. The zero-order valence-electron chi connectivity index (χ0n) is 27.8. The molecular weight excluding hydrogens is 602 g/mol. The first kappa shape index (κ1) is 36.7. The quantitative estimate of drug-likeness (QED) is 0.153. The van der Waals surface area contributed by atoms with Crippen LogP contribution in [0.25, 0.3) is 11.1 Å². The molecule has 47 heavy (non-hydrogen) atoms. The Hall–Kier alpha value is -4.81. The van der Waals surface area contributed by atoms with Gasteiger partial charge in [0.2, 0.25) is 5.91 Å². The third kappa shape index (κ3) is 13.2. The summed E-state index contributed by atoms with van der Waals surface area (Å²) in [5, 5.41) is 8.48. The van der Waals surface area contributed by atoms with Crippen LogP contribution in [0.3, 0.4) is 0 Å². The number of pyridine rings is 1. The maximum absolute atomic E-state index is 13.5. The maximum atomic E-state index is 13.5. The Bertz CT molecular complexity index is 1490. The van der Waals surface area contributed by atoms with E-state index >= 15 is 0 Å². The van der Waals surface area contributed by atoms with Crippen LogP contribution in [0, 0.1) is 6.92 Å². The summed E-state index contributed by atoms with van der Waals surface area (Å²) in [6, 6.07) is 18.8. The van der Waals surface area contributed by atoms with Gasteiger partial charge < -0.3 is 30.2 Å². The Labute approximate surface area is 276 Å². The van der Waals surface area contributed by atoms with Gasteiger partial charge in [-0.3, -0.25) is 19.3 Å². The number of nitrogens with one attached hydrogen (secondary N) is 3. The van der Waals surface area contributed by atoms with E-state index < -0.39 is 23.5 Å². The smallest absolute Gasteiger partial charge is 0.411 e. The monoisotopic (exact) mass is 647 g/mol. The minimum atomic E-state index is -0.763. The number of aryl methyl sites for hydroxylation is 1. The molecule has 3 N–H and O–H groups in total. The fourth-order valence-electron chi connectivity index (χ4n) is 4.40. The molecular formula is C35H45N5O7. The van der Waals surface area contributed by atoms with Gasteiger partial charge in [-0.15, -0.1) is 0 Å². The second kappa shape index (κ2) is 18.4. The molecule has 0 atom stereocenters. The number of ether oxygens (including phenoxy) is 3. The molecule has 0 bridgehead atoms. The van der Waals surface area contributed by atoms with Gasteiger partial charge >= 0.3 is 12.1 Å². The molecule has 0 spiro atoms. The first-order chi connectivity index (χ1) is 22.4. The van der Waals surface area contributed by atoms with Crippen LogP contribution in [0.1, 0.15) is 49.3 Å². The third-order valence-electron chi connectivity index (χ3n) is 6.46. The van der Waals surface area contributed by atoms with E-state index in [0.717, 1.165) is 16.7 Å². The highest BCUT2D eigenvalue weighted by atomic mass is 16.6. The molecule has 0 unspecified atom stereocenters. The lowest BCUT2D eigenvalue weighted by Crippen LogP contribution is -2.41. The lowest BCUT2D eigenvalue weighted by atomic mass is 10.1. The molecule has 0 fully saturated rings. The van der Waals surface area contributed by atoms with Gasteiger partial charge in [0.1, 0.15) is 12.1 Å². The predicted octanol–water partition coefficient (Wildman–Crippen LogP) is 4.33. The summed E-state index contributed by atoms with van der Waals surface area (Å²) < 4.78 is 16.0. The van der Waals surface area contributed by atoms with Gasteiger partial charge in [-0.25, -0.2) is 9.78 Å². The van der Waals surface area contributed by atoms with Crippen LogP contribution in [0.15, 0.2) is 66.9 Å². The van der Waals surface area contributed by atoms with E-state index in [-0.39, 0.29) is 50.1 Å². The number of benzene rings is 2. The van der Waals surface area contributed by atoms with E-state index in [9.17, 15) is 19.2 Å². The number of rotatable bonds is 16. The Morgan fingerprint density at radius 1 is 0.915 bits per heavy atom. The molecule has 0 aliphatic heterocycles. The number of hydrogen-bond acceptors (Lipinski definition) is 9. The van der Waals surface area contributed by atoms with Crippen molar-refractivity contribution in [1.82, 2.24) is 20.5 Å². The molecule has 12 heteroatoms. The molecule has 3 amide bonds. The van der Waals surface area contributed by atoms with Gasteiger partial charge in [0, 0.05) is 31.4 Å². The number of hydrogen-bond donors (Lipinski definition) is 3. The van der Waals surface area contributed by atoms with Crippen LogP contribution in [-0.2, 0) is 30.3 Å². The number of carbonyl (C=O) groups excluding carboxylic acids is 4. The molecule has 2 aromatic carbocycles. The lowest BCUT2D eigenvalue weighted by molar-refractivity contribution is -0.142. The van der Waals surface area contributed by atoms with Crippen LogP contribution in [0.5, 0.6) is 0 Å². The number of carbonyl (C=O) groups is 4. The van der Waals surface area contributed by atoms with E-state index in [1.807, 2.05) is 61.5 Å². The Morgan fingerprint density at radius 2 is 1.66 bits per heavy atom. The van der Waals surface area contributed by atoms with Crippen molar-refractivity contribution in [2.75, 3.05) is 51.3 Å². The van der Waals surface area contributed by atoms with Crippen molar-refractivity contribution in [3.05, 3.63) is 83.7 Å². The molecule has 0 saturated carbocycles. The number of esters is 1. The van der Waals surface area contributed by atoms with Gasteiger partial charge in [0.05, 0.1) is 32.1 Å². The zero-order chi connectivity index (χ0) is 34.2. The summed E-state index contributed by atoms with van der Waals surface area (Å²) in [6.07, 6.45) is 0.926. The summed E-state index contributed by atoms with van der Waals surface area (Å²) >= 11 is 0. The van der Waals surface area contributed by atoms with Crippen molar-refractivity contribution in [2.45, 2.75) is 46.8 Å². The van der Waals surface area contributed by atoms with Crippen LogP contribution < -0.4 is 16.0 Å². The fourth-order valence-corrected chi connectivity index (χ4v) is 4.40. The maximum Gasteiger partial charge on any atom is 0.411 e. The normalized spacial score (nSPS) is 11.0. The Morgan fingerprint density at radius 3 is 2.36 bits per heavy atom. The van der Waals surface area contributed by atoms with Gasteiger partial charge in [0.15, 0.2) is 5.69 Å².